The number of oxazole rings is 1. The molecule has 9 heteroatoms. The van der Waals surface area contributed by atoms with Gasteiger partial charge in [-0.3, -0.25) is 19.9 Å². The second kappa shape index (κ2) is 7.39. The molecule has 0 aliphatic heterocycles. The number of amides is 1. The molecule has 4 rings (SSSR count). The van der Waals surface area contributed by atoms with Gasteiger partial charge in [0.2, 0.25) is 5.89 Å². The maximum Gasteiger partial charge on any atom is 0.311 e. The number of ether oxygens (including phenoxy) is 1. The topological polar surface area (TPSA) is 120 Å². The van der Waals surface area contributed by atoms with Crippen LogP contribution in [0.1, 0.15) is 10.4 Å². The van der Waals surface area contributed by atoms with Crippen LogP contribution in [0.5, 0.6) is 5.75 Å². The summed E-state index contributed by atoms with van der Waals surface area (Å²) in [5.74, 6) is 0.0313. The molecule has 0 radical (unpaired) electrons. The van der Waals surface area contributed by atoms with Crippen LogP contribution in [-0.2, 0) is 0 Å². The van der Waals surface area contributed by atoms with Gasteiger partial charge in [0, 0.05) is 35.3 Å². The number of methoxy groups -OCH3 is 1. The molecule has 1 N–H and O–H groups in total. The number of nitrogens with one attached hydrogen (secondary N) is 1. The van der Waals surface area contributed by atoms with Gasteiger partial charge >= 0.3 is 5.69 Å². The average Bonchev–Trinajstić information content (AvgIpc) is 3.17. The van der Waals surface area contributed by atoms with E-state index in [1.54, 1.807) is 42.7 Å². The smallest absolute Gasteiger partial charge is 0.311 e. The molecule has 29 heavy (non-hydrogen) atoms. The summed E-state index contributed by atoms with van der Waals surface area (Å²) in [6, 6.07) is 12.6. The molecule has 0 aliphatic carbocycles. The monoisotopic (exact) mass is 390 g/mol. The Morgan fingerprint density at radius 2 is 1.93 bits per heavy atom. The number of anilines is 1. The van der Waals surface area contributed by atoms with Crippen LogP contribution >= 0.6 is 0 Å². The molecule has 0 saturated carbocycles. The highest BCUT2D eigenvalue weighted by Gasteiger charge is 2.18. The van der Waals surface area contributed by atoms with E-state index in [-0.39, 0.29) is 17.0 Å². The summed E-state index contributed by atoms with van der Waals surface area (Å²) in [6.45, 7) is 0. The summed E-state index contributed by atoms with van der Waals surface area (Å²) in [6.07, 6.45) is 3.29. The van der Waals surface area contributed by atoms with Gasteiger partial charge < -0.3 is 14.5 Å². The molecule has 0 fully saturated rings. The summed E-state index contributed by atoms with van der Waals surface area (Å²) in [5, 5.41) is 13.9. The minimum atomic E-state index is -0.600. The van der Waals surface area contributed by atoms with Crippen molar-refractivity contribution in [3.8, 4) is 17.2 Å². The lowest BCUT2D eigenvalue weighted by atomic mass is 10.1. The van der Waals surface area contributed by atoms with Gasteiger partial charge in [0.1, 0.15) is 5.52 Å². The standard InChI is InChI=1S/C20H14N4O5/c1-28-18-4-2-13(10-16(18)24(26)27)19(25)22-14-3-5-17-15(11-14)23-20(29-17)12-6-8-21-9-7-12/h2-11H,1H3,(H,22,25). The van der Waals surface area contributed by atoms with Crippen molar-refractivity contribution < 1.29 is 18.9 Å². The molecule has 2 heterocycles. The number of carbonyl (C=O) groups excluding carboxylic acids is 1. The molecule has 0 spiro atoms. The number of benzene rings is 2. The predicted octanol–water partition coefficient (Wildman–Crippen LogP) is 4.06. The van der Waals surface area contributed by atoms with E-state index in [0.29, 0.717) is 22.7 Å². The van der Waals surface area contributed by atoms with Crippen molar-refractivity contribution in [3.63, 3.8) is 0 Å². The summed E-state index contributed by atoms with van der Waals surface area (Å²) in [7, 11) is 1.33. The van der Waals surface area contributed by atoms with Crippen LogP contribution in [0.2, 0.25) is 0 Å². The van der Waals surface area contributed by atoms with E-state index in [2.05, 4.69) is 15.3 Å². The second-order valence-electron chi connectivity index (χ2n) is 6.04. The van der Waals surface area contributed by atoms with Gasteiger partial charge in [-0.15, -0.1) is 0 Å². The molecular formula is C20H14N4O5. The Morgan fingerprint density at radius 1 is 1.14 bits per heavy atom. The Balaban J connectivity index is 1.60. The Bertz CT molecular complexity index is 1220. The summed E-state index contributed by atoms with van der Waals surface area (Å²) < 4.78 is 10.7. The molecule has 0 bridgehead atoms. The van der Waals surface area contributed by atoms with Gasteiger partial charge in [-0.1, -0.05) is 0 Å². The van der Waals surface area contributed by atoms with Crippen molar-refractivity contribution >= 4 is 28.4 Å². The molecule has 0 atom stereocenters. The lowest BCUT2D eigenvalue weighted by Gasteiger charge is -2.06. The van der Waals surface area contributed by atoms with Crippen molar-refractivity contribution in [2.75, 3.05) is 12.4 Å². The van der Waals surface area contributed by atoms with E-state index in [4.69, 9.17) is 9.15 Å². The zero-order valence-corrected chi connectivity index (χ0v) is 15.2. The Morgan fingerprint density at radius 3 is 2.66 bits per heavy atom. The summed E-state index contributed by atoms with van der Waals surface area (Å²) in [4.78, 5) is 31.5. The second-order valence-corrected chi connectivity index (χ2v) is 6.04. The first-order valence-corrected chi connectivity index (χ1v) is 8.50. The number of nitro benzene ring substituents is 1. The molecule has 1 amide bonds. The summed E-state index contributed by atoms with van der Waals surface area (Å²) in [5.41, 5.74) is 2.25. The predicted molar refractivity (Wildman–Crippen MR) is 105 cm³/mol. The number of nitro groups is 1. The van der Waals surface area contributed by atoms with E-state index in [0.717, 1.165) is 5.56 Å². The zero-order valence-electron chi connectivity index (χ0n) is 15.2. The van der Waals surface area contributed by atoms with Crippen LogP contribution in [0.4, 0.5) is 11.4 Å². The average molecular weight is 390 g/mol. The third-order valence-corrected chi connectivity index (χ3v) is 4.21. The molecule has 0 unspecified atom stereocenters. The van der Waals surface area contributed by atoms with Crippen molar-refractivity contribution in [1.82, 2.24) is 9.97 Å². The van der Waals surface area contributed by atoms with Crippen molar-refractivity contribution in [2.24, 2.45) is 0 Å². The molecule has 4 aromatic rings. The van der Waals surface area contributed by atoms with Crippen LogP contribution in [-0.4, -0.2) is 27.9 Å². The van der Waals surface area contributed by atoms with Crippen LogP contribution < -0.4 is 10.1 Å². The Hall–Kier alpha value is -4.27. The first-order valence-electron chi connectivity index (χ1n) is 8.50. The molecular weight excluding hydrogens is 376 g/mol. The lowest BCUT2D eigenvalue weighted by Crippen LogP contribution is -2.12. The lowest BCUT2D eigenvalue weighted by molar-refractivity contribution is -0.385. The minimum Gasteiger partial charge on any atom is -0.490 e. The number of pyridine rings is 1. The molecule has 144 valence electrons. The van der Waals surface area contributed by atoms with Crippen LogP contribution in [0.3, 0.4) is 0 Å². The highest BCUT2D eigenvalue weighted by Crippen LogP contribution is 2.29. The molecule has 0 aliphatic rings. The number of rotatable bonds is 5. The van der Waals surface area contributed by atoms with E-state index >= 15 is 0 Å². The van der Waals surface area contributed by atoms with Crippen molar-refractivity contribution in [3.05, 3.63) is 76.6 Å². The van der Waals surface area contributed by atoms with Gasteiger partial charge in [-0.25, -0.2) is 4.98 Å². The largest absolute Gasteiger partial charge is 0.490 e. The van der Waals surface area contributed by atoms with Crippen LogP contribution in [0, 0.1) is 10.1 Å². The number of hydrogen-bond donors (Lipinski definition) is 1. The fourth-order valence-electron chi connectivity index (χ4n) is 2.80. The van der Waals surface area contributed by atoms with Crippen LogP contribution in [0.25, 0.3) is 22.6 Å². The Labute approximate surface area is 164 Å². The number of hydrogen-bond acceptors (Lipinski definition) is 7. The number of fused-ring (bicyclic) bond motifs is 1. The third-order valence-electron chi connectivity index (χ3n) is 4.21. The van der Waals surface area contributed by atoms with E-state index in [1.165, 1.54) is 25.3 Å². The SMILES string of the molecule is COc1ccc(C(=O)Nc2ccc3oc(-c4ccncc4)nc3c2)cc1[N+](=O)[O-]. The highest BCUT2D eigenvalue weighted by atomic mass is 16.6. The maximum atomic E-state index is 12.5. The number of aromatic nitrogens is 2. The molecule has 2 aromatic heterocycles. The van der Waals surface area contributed by atoms with Gasteiger partial charge in [-0.2, -0.15) is 0 Å². The van der Waals surface area contributed by atoms with Crippen molar-refractivity contribution in [2.45, 2.75) is 0 Å². The van der Waals surface area contributed by atoms with E-state index in [9.17, 15) is 14.9 Å². The van der Waals surface area contributed by atoms with Crippen LogP contribution in [0.15, 0.2) is 65.3 Å². The fraction of sp³-hybridized carbons (Fsp3) is 0.0500. The molecule has 0 saturated heterocycles. The van der Waals surface area contributed by atoms with Gasteiger partial charge in [0.05, 0.1) is 12.0 Å². The van der Waals surface area contributed by atoms with Gasteiger partial charge in [0.25, 0.3) is 5.91 Å². The van der Waals surface area contributed by atoms with E-state index < -0.39 is 10.8 Å². The van der Waals surface area contributed by atoms with Gasteiger partial charge in [-0.05, 0) is 42.5 Å². The maximum absolute atomic E-state index is 12.5. The highest BCUT2D eigenvalue weighted by molar-refractivity contribution is 6.05. The zero-order chi connectivity index (χ0) is 20.4. The number of carbonyl (C=O) groups is 1. The molecule has 9 nitrogen and oxygen atoms in total. The summed E-state index contributed by atoms with van der Waals surface area (Å²) >= 11 is 0. The quantitative estimate of drug-likeness (QED) is 0.403. The third kappa shape index (κ3) is 3.61. The number of nitrogens with zero attached hydrogens (tertiary/aromatic N) is 3. The molecule has 2 aromatic carbocycles. The fourth-order valence-corrected chi connectivity index (χ4v) is 2.80. The van der Waals surface area contributed by atoms with Crippen molar-refractivity contribution in [1.29, 1.82) is 0 Å². The Kier molecular flexibility index (Phi) is 4.62. The first kappa shape index (κ1) is 18.1. The first-order chi connectivity index (χ1) is 14.0. The van der Waals surface area contributed by atoms with E-state index in [1.807, 2.05) is 0 Å². The minimum absolute atomic E-state index is 0.0826. The normalized spacial score (nSPS) is 10.7. The van der Waals surface area contributed by atoms with Gasteiger partial charge in [0.15, 0.2) is 11.3 Å².